The average Bonchev–Trinajstić information content (AvgIpc) is 2.60. The van der Waals surface area contributed by atoms with Crippen molar-refractivity contribution in [3.05, 3.63) is 17.0 Å². The first kappa shape index (κ1) is 15.0. The van der Waals surface area contributed by atoms with E-state index in [-0.39, 0.29) is 18.6 Å². The Bertz CT molecular complexity index is 522. The molecule has 20 heavy (non-hydrogen) atoms. The first-order chi connectivity index (χ1) is 9.25. The number of aliphatic hydroxyl groups is 1. The Morgan fingerprint density at radius 1 is 1.50 bits per heavy atom. The molecule has 1 aromatic heterocycles. The number of amides is 1. The maximum absolute atomic E-state index is 12.7. The number of hydrogen-bond donors (Lipinski definition) is 1. The molecule has 6 heteroatoms. The van der Waals surface area contributed by atoms with Gasteiger partial charge in [0.15, 0.2) is 0 Å². The first-order valence-electron chi connectivity index (χ1n) is 6.83. The van der Waals surface area contributed by atoms with Crippen molar-refractivity contribution >= 4 is 5.91 Å². The van der Waals surface area contributed by atoms with Crippen LogP contribution in [0.2, 0.25) is 0 Å². The van der Waals surface area contributed by atoms with Crippen molar-refractivity contribution in [2.45, 2.75) is 39.4 Å². The number of rotatable bonds is 2. The van der Waals surface area contributed by atoms with Gasteiger partial charge in [-0.3, -0.25) is 9.48 Å². The lowest BCUT2D eigenvalue weighted by molar-refractivity contribution is -0.139. The molecule has 0 saturated carbocycles. The molecule has 1 amide bonds. The number of hydrogen-bond acceptors (Lipinski definition) is 4. The Labute approximate surface area is 119 Å². The van der Waals surface area contributed by atoms with Crippen LogP contribution in [0.1, 0.15) is 35.6 Å². The fraction of sp³-hybridized carbons (Fsp3) is 0.714. The number of morpholine rings is 1. The molecule has 1 aromatic rings. The van der Waals surface area contributed by atoms with Crippen LogP contribution in [0.4, 0.5) is 0 Å². The van der Waals surface area contributed by atoms with Crippen LogP contribution in [0.15, 0.2) is 0 Å². The molecule has 1 N–H and O–H groups in total. The van der Waals surface area contributed by atoms with Crippen LogP contribution in [-0.2, 0) is 11.8 Å². The summed E-state index contributed by atoms with van der Waals surface area (Å²) in [6.07, 6.45) is -0.333. The molecule has 0 radical (unpaired) electrons. The van der Waals surface area contributed by atoms with E-state index in [0.717, 1.165) is 11.4 Å². The van der Waals surface area contributed by atoms with Crippen LogP contribution in [0.5, 0.6) is 0 Å². The molecule has 0 aliphatic carbocycles. The maximum Gasteiger partial charge on any atom is 0.257 e. The number of nitrogens with zero attached hydrogens (tertiary/aromatic N) is 3. The van der Waals surface area contributed by atoms with E-state index in [1.807, 2.05) is 34.7 Å². The number of ether oxygens (including phenoxy) is 1. The number of carbonyl (C=O) groups is 1. The van der Waals surface area contributed by atoms with Crippen molar-refractivity contribution < 1.29 is 14.6 Å². The third-order valence-electron chi connectivity index (χ3n) is 3.70. The van der Waals surface area contributed by atoms with Gasteiger partial charge in [-0.05, 0) is 27.7 Å². The molecule has 1 saturated heterocycles. The third kappa shape index (κ3) is 2.71. The van der Waals surface area contributed by atoms with Gasteiger partial charge in [0.2, 0.25) is 0 Å². The molecule has 1 fully saturated rings. The van der Waals surface area contributed by atoms with Gasteiger partial charge in [0.05, 0.1) is 29.6 Å². The molecule has 1 aliphatic heterocycles. The van der Waals surface area contributed by atoms with Gasteiger partial charge in [0, 0.05) is 25.8 Å². The van der Waals surface area contributed by atoms with Crippen molar-refractivity contribution in [3.63, 3.8) is 0 Å². The van der Waals surface area contributed by atoms with E-state index in [4.69, 9.17) is 4.74 Å². The molecule has 2 rings (SSSR count). The predicted molar refractivity (Wildman–Crippen MR) is 74.6 cm³/mol. The second-order valence-electron chi connectivity index (χ2n) is 6.04. The molecule has 1 unspecified atom stereocenters. The van der Waals surface area contributed by atoms with Crippen LogP contribution in [0, 0.1) is 13.8 Å². The molecular weight excluding hydrogens is 258 g/mol. The summed E-state index contributed by atoms with van der Waals surface area (Å²) in [6, 6.07) is 0. The monoisotopic (exact) mass is 281 g/mol. The Morgan fingerprint density at radius 3 is 2.65 bits per heavy atom. The Balaban J connectivity index is 2.28. The minimum Gasteiger partial charge on any atom is -0.394 e. The Kier molecular flexibility index (Phi) is 3.88. The van der Waals surface area contributed by atoms with Crippen LogP contribution in [0.3, 0.4) is 0 Å². The molecule has 1 atom stereocenters. The average molecular weight is 281 g/mol. The number of aryl methyl sites for hydroxylation is 2. The fourth-order valence-electron chi connectivity index (χ4n) is 2.79. The van der Waals surface area contributed by atoms with Gasteiger partial charge in [-0.15, -0.1) is 0 Å². The zero-order valence-corrected chi connectivity index (χ0v) is 12.8. The summed E-state index contributed by atoms with van der Waals surface area (Å²) in [5.74, 6) is -0.0390. The number of carbonyl (C=O) groups excluding carboxylic acids is 1. The maximum atomic E-state index is 12.7. The van der Waals surface area contributed by atoms with E-state index < -0.39 is 5.60 Å². The van der Waals surface area contributed by atoms with Crippen LogP contribution in [-0.4, -0.2) is 57.1 Å². The van der Waals surface area contributed by atoms with Gasteiger partial charge in [0.25, 0.3) is 5.91 Å². The predicted octanol–water partition coefficient (Wildman–Crippen LogP) is 0.649. The molecule has 112 valence electrons. The fourth-order valence-corrected chi connectivity index (χ4v) is 2.79. The topological polar surface area (TPSA) is 67.6 Å². The molecular formula is C14H23N3O3. The van der Waals surface area contributed by atoms with Gasteiger partial charge in [0.1, 0.15) is 0 Å². The largest absolute Gasteiger partial charge is 0.394 e. The molecule has 2 heterocycles. The summed E-state index contributed by atoms with van der Waals surface area (Å²) in [6.45, 7) is 8.43. The molecule has 1 aliphatic rings. The van der Waals surface area contributed by atoms with Gasteiger partial charge in [-0.1, -0.05) is 0 Å². The summed E-state index contributed by atoms with van der Waals surface area (Å²) >= 11 is 0. The standard InChI is InChI=1S/C14H23N3O3/c1-9-12(10(2)16(5)15-9)13(19)17-6-11(7-18)20-14(3,4)8-17/h11,18H,6-8H2,1-5H3. The summed E-state index contributed by atoms with van der Waals surface area (Å²) in [5, 5.41) is 13.6. The summed E-state index contributed by atoms with van der Waals surface area (Å²) < 4.78 is 7.46. The molecule has 0 bridgehead atoms. The van der Waals surface area contributed by atoms with Gasteiger partial charge < -0.3 is 14.7 Å². The zero-order chi connectivity index (χ0) is 15.1. The minimum atomic E-state index is -0.453. The lowest BCUT2D eigenvalue weighted by Gasteiger charge is -2.42. The van der Waals surface area contributed by atoms with E-state index in [9.17, 15) is 9.90 Å². The highest BCUT2D eigenvalue weighted by molar-refractivity contribution is 5.96. The third-order valence-corrected chi connectivity index (χ3v) is 3.70. The van der Waals surface area contributed by atoms with Gasteiger partial charge in [-0.25, -0.2) is 0 Å². The normalized spacial score (nSPS) is 22.1. The minimum absolute atomic E-state index is 0.0390. The quantitative estimate of drug-likeness (QED) is 0.864. The van der Waals surface area contributed by atoms with E-state index in [0.29, 0.717) is 18.7 Å². The van der Waals surface area contributed by atoms with E-state index >= 15 is 0 Å². The highest BCUT2D eigenvalue weighted by Crippen LogP contribution is 2.24. The zero-order valence-electron chi connectivity index (χ0n) is 12.8. The summed E-state index contributed by atoms with van der Waals surface area (Å²) in [4.78, 5) is 14.5. The SMILES string of the molecule is Cc1nn(C)c(C)c1C(=O)N1CC(CO)OC(C)(C)C1. The number of aliphatic hydroxyl groups excluding tert-OH is 1. The lowest BCUT2D eigenvalue weighted by atomic mass is 10.0. The van der Waals surface area contributed by atoms with Gasteiger partial charge >= 0.3 is 0 Å². The van der Waals surface area contributed by atoms with Crippen molar-refractivity contribution in [1.82, 2.24) is 14.7 Å². The van der Waals surface area contributed by atoms with E-state index in [1.165, 1.54) is 0 Å². The van der Waals surface area contributed by atoms with Crippen LogP contribution < -0.4 is 0 Å². The second-order valence-corrected chi connectivity index (χ2v) is 6.04. The highest BCUT2D eigenvalue weighted by Gasteiger charge is 2.36. The van der Waals surface area contributed by atoms with Crippen molar-refractivity contribution in [2.75, 3.05) is 19.7 Å². The Morgan fingerprint density at radius 2 is 2.15 bits per heavy atom. The van der Waals surface area contributed by atoms with E-state index in [1.54, 1.807) is 9.58 Å². The van der Waals surface area contributed by atoms with Crippen LogP contribution in [0.25, 0.3) is 0 Å². The number of aromatic nitrogens is 2. The molecule has 0 spiro atoms. The lowest BCUT2D eigenvalue weighted by Crippen LogP contribution is -2.55. The van der Waals surface area contributed by atoms with Crippen molar-refractivity contribution in [3.8, 4) is 0 Å². The summed E-state index contributed by atoms with van der Waals surface area (Å²) in [5.41, 5.74) is 1.80. The first-order valence-corrected chi connectivity index (χ1v) is 6.83. The van der Waals surface area contributed by atoms with Crippen LogP contribution >= 0.6 is 0 Å². The highest BCUT2D eigenvalue weighted by atomic mass is 16.5. The second kappa shape index (κ2) is 5.18. The van der Waals surface area contributed by atoms with Crippen molar-refractivity contribution in [1.29, 1.82) is 0 Å². The summed E-state index contributed by atoms with van der Waals surface area (Å²) in [7, 11) is 1.83. The van der Waals surface area contributed by atoms with E-state index in [2.05, 4.69) is 5.10 Å². The smallest absolute Gasteiger partial charge is 0.257 e. The molecule has 0 aromatic carbocycles. The molecule has 6 nitrogen and oxygen atoms in total. The van der Waals surface area contributed by atoms with Gasteiger partial charge in [-0.2, -0.15) is 5.10 Å². The Hall–Kier alpha value is -1.40. The van der Waals surface area contributed by atoms with Crippen molar-refractivity contribution in [2.24, 2.45) is 7.05 Å².